The highest BCUT2D eigenvalue weighted by molar-refractivity contribution is 7.86. The zero-order valence-electron chi connectivity index (χ0n) is 27.7. The normalized spacial score (nSPS) is 19.5. The minimum Gasteiger partial charge on any atom is -0.282 e. The van der Waals surface area contributed by atoms with E-state index >= 15 is 0 Å². The molecule has 12 rings (SSSR count). The Balaban J connectivity index is 1.36. The molecule has 0 fully saturated rings. The van der Waals surface area contributed by atoms with Gasteiger partial charge in [-0.3, -0.25) is 18.2 Å². The molecule has 4 aromatic carbocycles. The molecule has 0 saturated heterocycles. The molecule has 4 N–H and O–H groups in total. The first-order valence-corrected chi connectivity index (χ1v) is 22.1. The lowest BCUT2D eigenvalue weighted by Gasteiger charge is -2.40. The van der Waals surface area contributed by atoms with Crippen LogP contribution in [-0.4, -0.2) is 93.5 Å². The third-order valence-corrected chi connectivity index (χ3v) is 14.2. The molecule has 57 heavy (non-hydrogen) atoms. The molecule has 6 aromatic rings. The maximum atomic E-state index is 12.5. The van der Waals surface area contributed by atoms with Crippen LogP contribution in [0.25, 0.3) is 21.5 Å². The number of benzene rings is 4. The maximum Gasteiger partial charge on any atom is 0.404 e. The Morgan fingerprint density at radius 2 is 0.842 bits per heavy atom. The van der Waals surface area contributed by atoms with E-state index in [-0.39, 0.29) is 67.9 Å². The van der Waals surface area contributed by atoms with Gasteiger partial charge in [0.2, 0.25) is 22.6 Å². The zero-order chi connectivity index (χ0) is 39.7. The van der Waals surface area contributed by atoms with Crippen molar-refractivity contribution in [1.82, 2.24) is 9.13 Å². The first-order chi connectivity index (χ1) is 26.8. The van der Waals surface area contributed by atoms with Crippen LogP contribution in [0.5, 0.6) is 0 Å². The molecule has 0 bridgehead atoms. The van der Waals surface area contributed by atoms with Gasteiger partial charge in [-0.25, -0.2) is 0 Å². The highest BCUT2D eigenvalue weighted by Gasteiger charge is 2.69. The molecule has 8 heterocycles. The number of rotatable bonds is 4. The van der Waals surface area contributed by atoms with Crippen molar-refractivity contribution in [2.75, 3.05) is 0 Å². The number of aromatic nitrogens is 2. The molecule has 20 nitrogen and oxygen atoms in total. The number of aliphatic imine (C=N–C) groups is 2. The lowest BCUT2D eigenvalue weighted by Crippen LogP contribution is -2.71. The molecule has 24 heteroatoms. The van der Waals surface area contributed by atoms with E-state index in [1.165, 1.54) is 66.7 Å². The number of fused-ring (bicyclic) bond motifs is 12. The molecular weight excluding hydrogens is 829 g/mol. The first-order valence-electron chi connectivity index (χ1n) is 16.3. The quantitative estimate of drug-likeness (QED) is 0.141. The van der Waals surface area contributed by atoms with Gasteiger partial charge in [-0.1, -0.05) is 20.0 Å². The summed E-state index contributed by atoms with van der Waals surface area (Å²) in [5.74, 6) is -1.20. The Hall–Kier alpha value is -6.12. The van der Waals surface area contributed by atoms with Gasteiger partial charge in [-0.05, 0) is 72.8 Å². The Morgan fingerprint density at radius 1 is 0.439 bits per heavy atom. The van der Waals surface area contributed by atoms with Crippen molar-refractivity contribution < 1.29 is 61.0 Å². The molecule has 1 atom stereocenters. The van der Waals surface area contributed by atoms with Gasteiger partial charge in [0.1, 0.15) is 0 Å². The van der Waals surface area contributed by atoms with Gasteiger partial charge in [-0.15, -0.1) is 9.15 Å². The van der Waals surface area contributed by atoms with E-state index in [1.807, 2.05) is 0 Å². The van der Waals surface area contributed by atoms with Crippen LogP contribution in [0.3, 0.4) is 0 Å². The molecule has 0 radical (unpaired) electrons. The van der Waals surface area contributed by atoms with E-state index in [0.717, 1.165) is 6.07 Å². The topological polar surface area (TPSA) is 283 Å². The second-order valence-electron chi connectivity index (χ2n) is 13.7. The van der Waals surface area contributed by atoms with Gasteiger partial charge in [0.15, 0.2) is 0 Å². The Morgan fingerprint density at radius 3 is 1.33 bits per heavy atom. The molecule has 282 valence electrons. The summed E-state index contributed by atoms with van der Waals surface area (Å²) in [6.45, 7) is 0. The van der Waals surface area contributed by atoms with Crippen molar-refractivity contribution >= 4 is 97.0 Å². The van der Waals surface area contributed by atoms with Gasteiger partial charge in [0.25, 0.3) is 63.8 Å². The Labute approximate surface area is 317 Å². The summed E-state index contributed by atoms with van der Waals surface area (Å²) in [6.07, 6.45) is 0. The molecule has 0 aliphatic carbocycles. The summed E-state index contributed by atoms with van der Waals surface area (Å²) < 4.78 is 147. The summed E-state index contributed by atoms with van der Waals surface area (Å²) in [5, 5.41) is 1.02. The number of hydrogen-bond acceptors (Lipinski definition) is 12. The molecule has 6 aliphatic heterocycles. The van der Waals surface area contributed by atoms with Crippen molar-refractivity contribution in [3.63, 3.8) is 0 Å². The van der Waals surface area contributed by atoms with Crippen LogP contribution in [0.1, 0.15) is 22.3 Å². The fourth-order valence-corrected chi connectivity index (χ4v) is 10.7. The highest BCUT2D eigenvalue weighted by Crippen LogP contribution is 2.53. The average molecular weight is 845 g/mol. The Kier molecular flexibility index (Phi) is 5.52. The zero-order valence-corrected chi connectivity index (χ0v) is 31.0. The van der Waals surface area contributed by atoms with Crippen LogP contribution in [-0.2, 0) is 46.4 Å². The predicted octanol–water partition coefficient (Wildman–Crippen LogP) is 0.695. The van der Waals surface area contributed by atoms with Crippen molar-refractivity contribution in [2.24, 2.45) is 20.0 Å². The van der Waals surface area contributed by atoms with Crippen LogP contribution in [0.2, 0.25) is 0 Å². The van der Waals surface area contributed by atoms with E-state index in [9.17, 15) is 51.9 Å². The van der Waals surface area contributed by atoms with Gasteiger partial charge < -0.3 is 0 Å². The van der Waals surface area contributed by atoms with E-state index in [4.69, 9.17) is 20.0 Å². The third kappa shape index (κ3) is 3.78. The van der Waals surface area contributed by atoms with Gasteiger partial charge in [0, 0.05) is 21.5 Å². The summed E-state index contributed by atoms with van der Waals surface area (Å²) in [6, 6.07) is 15.2. The molecule has 2 aromatic heterocycles. The van der Waals surface area contributed by atoms with E-state index in [2.05, 4.69) is 0 Å². The van der Waals surface area contributed by atoms with E-state index in [1.54, 1.807) is 18.3 Å². The third-order valence-electron chi connectivity index (χ3n) is 10.8. The number of hydrogen-bond donors (Lipinski definition) is 4. The molecule has 1 unspecified atom stereocenters. The summed E-state index contributed by atoms with van der Waals surface area (Å²) >= 11 is 0. The predicted molar refractivity (Wildman–Crippen MR) is 193 cm³/mol. The fraction of sp³-hybridized carbons (Fsp3) is 0.0303. The lowest BCUT2D eigenvalue weighted by molar-refractivity contribution is -0.790. The summed E-state index contributed by atoms with van der Waals surface area (Å²) in [7, 11) is -19.1. The second kappa shape index (κ2) is 9.52. The van der Waals surface area contributed by atoms with Crippen molar-refractivity contribution in [2.45, 2.75) is 25.5 Å². The molecular formula is C33H16N8O12S4+2. The van der Waals surface area contributed by atoms with Crippen molar-refractivity contribution in [1.29, 1.82) is 0 Å². The minimum absolute atomic E-state index is 0.0509. The van der Waals surface area contributed by atoms with Crippen LogP contribution in [0.4, 0.5) is 11.6 Å². The second-order valence-corrected chi connectivity index (χ2v) is 19.4. The van der Waals surface area contributed by atoms with Gasteiger partial charge in [-0.2, -0.15) is 42.8 Å². The summed E-state index contributed by atoms with van der Waals surface area (Å²) in [4.78, 5) is 18.1. The van der Waals surface area contributed by atoms with E-state index in [0.29, 0.717) is 21.9 Å². The first kappa shape index (κ1) is 33.1. The molecule has 6 aliphatic rings. The Bertz CT molecular complexity index is 3920. The smallest absolute Gasteiger partial charge is 0.282 e. The molecule has 1 spiro atoms. The summed E-state index contributed by atoms with van der Waals surface area (Å²) in [5.41, 5.74) is 1.30. The monoisotopic (exact) mass is 844 g/mol. The average Bonchev–Trinajstić information content (AvgIpc) is 3.85. The highest BCUT2D eigenvalue weighted by atomic mass is 32.2. The van der Waals surface area contributed by atoms with E-state index < -0.39 is 66.0 Å². The SMILES string of the molecule is O=S(=O)(O)c1ccc2c(c1)C1=Nc3c4cc(S(=O)(=O)O)ccc4c4n3C35n6c(c7ccc(S(=O)(=O)O)cc7c6=NC6=[N+]3C(=N4)c3cc(S(=O)(=O)O)ccc36)=NC2=[N+]15. The molecule has 0 amide bonds. The van der Waals surface area contributed by atoms with Crippen LogP contribution in [0.15, 0.2) is 112 Å². The van der Waals surface area contributed by atoms with Crippen LogP contribution in [0, 0.1) is 0 Å². The fourth-order valence-electron chi connectivity index (χ4n) is 8.64. The maximum absolute atomic E-state index is 12.5. The number of nitrogens with zero attached hydrogens (tertiary/aromatic N) is 8. The van der Waals surface area contributed by atoms with Crippen LogP contribution < -0.4 is 11.0 Å². The van der Waals surface area contributed by atoms with Crippen LogP contribution >= 0.6 is 0 Å². The van der Waals surface area contributed by atoms with Crippen molar-refractivity contribution in [3.05, 3.63) is 106 Å². The number of amidine groups is 4. The van der Waals surface area contributed by atoms with Crippen molar-refractivity contribution in [3.8, 4) is 0 Å². The van der Waals surface area contributed by atoms with Gasteiger partial charge >= 0.3 is 5.91 Å². The largest absolute Gasteiger partial charge is 0.404 e. The molecule has 0 saturated carbocycles. The lowest BCUT2D eigenvalue weighted by atomic mass is 10.1. The minimum atomic E-state index is -4.78. The standard InChI is InChI=1S/C33H14N8O12S4/c42-54(43,44)13-1-5-17-21(9-13)29-35-27-19-7-3-14(55(45,46)47)10-22(19)30-36-28-20-8-4-16(57(51,52)53)12-24(20)32-37-31-23-11-15(56(48,49)50)2-6-18(23)26-34-25(17)38(29)33(39(26)31,40(27)30)41(28)32/h1-12H,(H2-2,42,43,44,45,46,47,48,49,50,51,52,53)/p+2. The van der Waals surface area contributed by atoms with Gasteiger partial charge in [0.05, 0.1) is 41.8 Å².